The molecule has 0 radical (unpaired) electrons. The van der Waals surface area contributed by atoms with Gasteiger partial charge in [0, 0.05) is 20.0 Å². The average Bonchev–Trinajstić information content (AvgIpc) is 3.05. The summed E-state index contributed by atoms with van der Waals surface area (Å²) in [5.74, 6) is 2.37. The second kappa shape index (κ2) is 7.73. The zero-order chi connectivity index (χ0) is 18.8. The van der Waals surface area contributed by atoms with Gasteiger partial charge < -0.3 is 14.1 Å². The molecule has 0 fully saturated rings. The quantitative estimate of drug-likeness (QED) is 0.633. The van der Waals surface area contributed by atoms with E-state index in [1.807, 2.05) is 6.92 Å². The molecule has 27 heavy (non-hydrogen) atoms. The Morgan fingerprint density at radius 3 is 3.00 bits per heavy atom. The van der Waals surface area contributed by atoms with Gasteiger partial charge in [-0.15, -0.1) is 0 Å². The number of ether oxygens (including phenoxy) is 1. The molecular weight excluding hydrogens is 336 g/mol. The van der Waals surface area contributed by atoms with Gasteiger partial charge in [0.05, 0.1) is 7.11 Å². The Morgan fingerprint density at radius 2 is 2.15 bits per heavy atom. The van der Waals surface area contributed by atoms with Gasteiger partial charge >= 0.3 is 0 Å². The zero-order valence-electron chi connectivity index (χ0n) is 16.5. The molecule has 1 atom stereocenters. The molecule has 0 saturated carbocycles. The van der Waals surface area contributed by atoms with E-state index in [0.717, 1.165) is 48.7 Å². The highest BCUT2D eigenvalue weighted by Crippen LogP contribution is 2.36. The number of benzene rings is 2. The number of methoxy groups -OCH3 is 1. The normalized spacial score (nSPS) is 16.7. The van der Waals surface area contributed by atoms with E-state index in [4.69, 9.17) is 9.15 Å². The molecule has 0 saturated heterocycles. The van der Waals surface area contributed by atoms with Crippen molar-refractivity contribution in [1.82, 2.24) is 9.88 Å². The van der Waals surface area contributed by atoms with Crippen molar-refractivity contribution in [2.24, 2.45) is 0 Å². The zero-order valence-corrected chi connectivity index (χ0v) is 16.5. The lowest BCUT2D eigenvalue weighted by Crippen LogP contribution is -2.28. The highest BCUT2D eigenvalue weighted by Gasteiger charge is 2.23. The number of aryl methyl sites for hydroxylation is 1. The van der Waals surface area contributed by atoms with Crippen LogP contribution in [0.2, 0.25) is 0 Å². The third-order valence-corrected chi connectivity index (χ3v) is 5.68. The Morgan fingerprint density at radius 1 is 1.26 bits per heavy atom. The maximum atomic E-state index is 5.66. The molecule has 4 rings (SSSR count). The molecule has 2 aromatic carbocycles. The van der Waals surface area contributed by atoms with Crippen LogP contribution >= 0.6 is 0 Å². The number of likely N-dealkylation sites (N-methyl/N-ethyl adjacent to an activating group) is 1. The topological polar surface area (TPSA) is 38.5 Å². The maximum absolute atomic E-state index is 5.66. The standard InChI is InChI=1S/C23H28N2O2/c1-16-24-21-11-10-17(14-23(21)27-16)12-13-25(2)15-18-6-4-8-20-19(18)7-5-9-22(20)26-3/h5,7,9-11,14,18H,4,6,8,12-13,15H2,1-3H3. The fourth-order valence-electron chi connectivity index (χ4n) is 4.32. The minimum Gasteiger partial charge on any atom is -0.496 e. The molecule has 1 unspecified atom stereocenters. The Labute approximate surface area is 161 Å². The lowest BCUT2D eigenvalue weighted by atomic mass is 9.82. The molecule has 142 valence electrons. The fourth-order valence-corrected chi connectivity index (χ4v) is 4.32. The molecule has 0 bridgehead atoms. The van der Waals surface area contributed by atoms with Crippen LogP contribution in [-0.2, 0) is 12.8 Å². The monoisotopic (exact) mass is 364 g/mol. The van der Waals surface area contributed by atoms with E-state index < -0.39 is 0 Å². The minimum absolute atomic E-state index is 0.591. The maximum Gasteiger partial charge on any atom is 0.192 e. The van der Waals surface area contributed by atoms with Crippen molar-refractivity contribution in [3.05, 3.63) is 59.0 Å². The largest absolute Gasteiger partial charge is 0.496 e. The van der Waals surface area contributed by atoms with Gasteiger partial charge in [-0.2, -0.15) is 0 Å². The average molecular weight is 364 g/mol. The smallest absolute Gasteiger partial charge is 0.192 e. The van der Waals surface area contributed by atoms with E-state index >= 15 is 0 Å². The minimum atomic E-state index is 0.591. The first-order valence-corrected chi connectivity index (χ1v) is 9.84. The van der Waals surface area contributed by atoms with Crippen LogP contribution in [0.15, 0.2) is 40.8 Å². The van der Waals surface area contributed by atoms with Crippen LogP contribution in [0.1, 0.15) is 41.3 Å². The molecular formula is C23H28N2O2. The van der Waals surface area contributed by atoms with Crippen molar-refractivity contribution in [2.45, 2.75) is 38.5 Å². The van der Waals surface area contributed by atoms with E-state index in [1.165, 1.54) is 29.5 Å². The van der Waals surface area contributed by atoms with Gasteiger partial charge in [-0.25, -0.2) is 4.98 Å². The molecule has 4 heteroatoms. The summed E-state index contributed by atoms with van der Waals surface area (Å²) in [5.41, 5.74) is 6.02. The summed E-state index contributed by atoms with van der Waals surface area (Å²) in [4.78, 5) is 6.83. The molecule has 1 aliphatic carbocycles. The van der Waals surface area contributed by atoms with Gasteiger partial charge in [0.15, 0.2) is 11.5 Å². The summed E-state index contributed by atoms with van der Waals surface area (Å²) in [6.45, 7) is 4.02. The SMILES string of the molecule is COc1cccc2c1CCCC2CN(C)CCc1ccc2nc(C)oc2c1. The summed E-state index contributed by atoms with van der Waals surface area (Å²) in [6, 6.07) is 12.9. The second-order valence-corrected chi connectivity index (χ2v) is 7.66. The van der Waals surface area contributed by atoms with Gasteiger partial charge in [0.25, 0.3) is 0 Å². The summed E-state index contributed by atoms with van der Waals surface area (Å²) in [5, 5.41) is 0. The molecule has 1 heterocycles. The Balaban J connectivity index is 1.40. The number of nitrogens with zero attached hydrogens (tertiary/aromatic N) is 2. The summed E-state index contributed by atoms with van der Waals surface area (Å²) < 4.78 is 11.2. The molecule has 1 aromatic heterocycles. The molecule has 0 amide bonds. The van der Waals surface area contributed by atoms with Crippen molar-refractivity contribution >= 4 is 11.1 Å². The Bertz CT molecular complexity index is 931. The first-order valence-electron chi connectivity index (χ1n) is 9.84. The van der Waals surface area contributed by atoms with Crippen molar-refractivity contribution in [2.75, 3.05) is 27.2 Å². The van der Waals surface area contributed by atoms with Crippen LogP contribution in [0.3, 0.4) is 0 Å². The number of hydrogen-bond donors (Lipinski definition) is 0. The van der Waals surface area contributed by atoms with E-state index in [0.29, 0.717) is 5.92 Å². The van der Waals surface area contributed by atoms with Crippen LogP contribution in [0.4, 0.5) is 0 Å². The third kappa shape index (κ3) is 3.86. The molecule has 0 spiro atoms. The lowest BCUT2D eigenvalue weighted by molar-refractivity contribution is 0.299. The number of aromatic nitrogens is 1. The molecule has 0 aliphatic heterocycles. The van der Waals surface area contributed by atoms with Crippen LogP contribution in [0.25, 0.3) is 11.1 Å². The van der Waals surface area contributed by atoms with Crippen molar-refractivity contribution < 1.29 is 9.15 Å². The predicted octanol–water partition coefficient (Wildman–Crippen LogP) is 4.74. The third-order valence-electron chi connectivity index (χ3n) is 5.68. The molecule has 3 aromatic rings. The number of fused-ring (bicyclic) bond motifs is 2. The van der Waals surface area contributed by atoms with Crippen molar-refractivity contribution in [3.63, 3.8) is 0 Å². The first kappa shape index (κ1) is 18.1. The highest BCUT2D eigenvalue weighted by molar-refractivity contribution is 5.73. The van der Waals surface area contributed by atoms with E-state index in [2.05, 4.69) is 53.3 Å². The Kier molecular flexibility index (Phi) is 5.17. The van der Waals surface area contributed by atoms with Gasteiger partial charge in [-0.05, 0) is 73.5 Å². The van der Waals surface area contributed by atoms with Crippen molar-refractivity contribution in [3.8, 4) is 5.75 Å². The van der Waals surface area contributed by atoms with E-state index in [9.17, 15) is 0 Å². The molecule has 4 nitrogen and oxygen atoms in total. The summed E-state index contributed by atoms with van der Waals surface area (Å²) in [6.07, 6.45) is 4.65. The number of oxazole rings is 1. The number of hydrogen-bond acceptors (Lipinski definition) is 4. The van der Waals surface area contributed by atoms with Crippen LogP contribution in [0, 0.1) is 6.92 Å². The van der Waals surface area contributed by atoms with Gasteiger partial charge in [0.2, 0.25) is 0 Å². The molecule has 0 N–H and O–H groups in total. The number of rotatable bonds is 6. The van der Waals surface area contributed by atoms with Crippen LogP contribution in [-0.4, -0.2) is 37.1 Å². The van der Waals surface area contributed by atoms with Gasteiger partial charge in [-0.3, -0.25) is 0 Å². The summed E-state index contributed by atoms with van der Waals surface area (Å²) >= 11 is 0. The van der Waals surface area contributed by atoms with E-state index in [-0.39, 0.29) is 0 Å². The van der Waals surface area contributed by atoms with Gasteiger partial charge in [0.1, 0.15) is 11.3 Å². The fraction of sp³-hybridized carbons (Fsp3) is 0.435. The Hall–Kier alpha value is -2.33. The molecule has 1 aliphatic rings. The van der Waals surface area contributed by atoms with Crippen LogP contribution < -0.4 is 4.74 Å². The van der Waals surface area contributed by atoms with Gasteiger partial charge in [-0.1, -0.05) is 18.2 Å². The lowest BCUT2D eigenvalue weighted by Gasteiger charge is -2.30. The van der Waals surface area contributed by atoms with Crippen molar-refractivity contribution in [1.29, 1.82) is 0 Å². The van der Waals surface area contributed by atoms with Crippen LogP contribution in [0.5, 0.6) is 5.75 Å². The second-order valence-electron chi connectivity index (χ2n) is 7.66. The summed E-state index contributed by atoms with van der Waals surface area (Å²) in [7, 11) is 4.00. The predicted molar refractivity (Wildman–Crippen MR) is 109 cm³/mol. The highest BCUT2D eigenvalue weighted by atomic mass is 16.5. The first-order chi connectivity index (χ1) is 13.1. The van der Waals surface area contributed by atoms with E-state index in [1.54, 1.807) is 7.11 Å².